The maximum atomic E-state index is 13.7. The van der Waals surface area contributed by atoms with E-state index in [0.29, 0.717) is 5.56 Å². The summed E-state index contributed by atoms with van der Waals surface area (Å²) in [5, 5.41) is 3.17. The van der Waals surface area contributed by atoms with Crippen molar-refractivity contribution >= 4 is 11.4 Å². The third-order valence-electron chi connectivity index (χ3n) is 3.08. The van der Waals surface area contributed by atoms with Crippen LogP contribution in [0.1, 0.15) is 18.5 Å². The molecule has 0 bridgehead atoms. The largest absolute Gasteiger partial charge is 0.376 e. The smallest absolute Gasteiger partial charge is 0.128 e. The summed E-state index contributed by atoms with van der Waals surface area (Å²) < 4.78 is 27.0. The number of anilines is 2. The second kappa shape index (κ2) is 5.86. The van der Waals surface area contributed by atoms with E-state index in [1.165, 1.54) is 6.07 Å². The average molecular weight is 277 g/mol. The van der Waals surface area contributed by atoms with Crippen molar-refractivity contribution in [3.05, 3.63) is 53.9 Å². The lowest BCUT2D eigenvalue weighted by Crippen LogP contribution is -2.15. The number of hydrogen-bond donors (Lipinski definition) is 1. The van der Waals surface area contributed by atoms with Gasteiger partial charge in [-0.3, -0.25) is 4.98 Å². The molecule has 20 heavy (non-hydrogen) atoms. The van der Waals surface area contributed by atoms with Crippen LogP contribution >= 0.6 is 0 Å². The van der Waals surface area contributed by atoms with Gasteiger partial charge in [-0.2, -0.15) is 0 Å². The molecule has 2 aromatic rings. The van der Waals surface area contributed by atoms with Crippen LogP contribution in [0.5, 0.6) is 0 Å². The SMILES string of the molecule is CC(Nc1cnccc1N(C)C)c1cc(F)ccc1F. The Bertz CT molecular complexity index is 599. The van der Waals surface area contributed by atoms with Crippen molar-refractivity contribution in [1.29, 1.82) is 0 Å². The van der Waals surface area contributed by atoms with E-state index in [0.717, 1.165) is 23.5 Å². The quantitative estimate of drug-likeness (QED) is 0.925. The molecule has 1 N–H and O–H groups in total. The Labute approximate surface area is 117 Å². The standard InChI is InChI=1S/C15H17F2N3/c1-10(12-8-11(16)4-5-13(12)17)19-14-9-18-7-6-15(14)20(2)3/h4-10,19H,1-3H3. The van der Waals surface area contributed by atoms with Gasteiger partial charge in [-0.1, -0.05) is 0 Å². The molecule has 0 aliphatic carbocycles. The molecule has 2 rings (SSSR count). The van der Waals surface area contributed by atoms with E-state index in [-0.39, 0.29) is 6.04 Å². The van der Waals surface area contributed by atoms with Crippen molar-refractivity contribution in [2.45, 2.75) is 13.0 Å². The summed E-state index contributed by atoms with van der Waals surface area (Å²) in [5.41, 5.74) is 2.00. The van der Waals surface area contributed by atoms with E-state index in [2.05, 4.69) is 10.3 Å². The number of benzene rings is 1. The van der Waals surface area contributed by atoms with E-state index in [1.54, 1.807) is 19.3 Å². The Morgan fingerprint density at radius 1 is 1.20 bits per heavy atom. The van der Waals surface area contributed by atoms with Crippen LogP contribution in [0.3, 0.4) is 0 Å². The van der Waals surface area contributed by atoms with Crippen LogP contribution in [-0.2, 0) is 0 Å². The highest BCUT2D eigenvalue weighted by atomic mass is 19.1. The Kier molecular flexibility index (Phi) is 4.17. The van der Waals surface area contributed by atoms with Gasteiger partial charge >= 0.3 is 0 Å². The highest BCUT2D eigenvalue weighted by Gasteiger charge is 2.14. The van der Waals surface area contributed by atoms with Gasteiger partial charge in [0.05, 0.1) is 23.6 Å². The summed E-state index contributed by atoms with van der Waals surface area (Å²) in [6.45, 7) is 1.78. The van der Waals surface area contributed by atoms with Gasteiger partial charge in [0.1, 0.15) is 11.6 Å². The summed E-state index contributed by atoms with van der Waals surface area (Å²) in [6, 6.07) is 4.95. The van der Waals surface area contributed by atoms with Crippen LogP contribution in [-0.4, -0.2) is 19.1 Å². The van der Waals surface area contributed by atoms with E-state index in [9.17, 15) is 8.78 Å². The normalized spacial score (nSPS) is 12.1. The zero-order chi connectivity index (χ0) is 14.7. The Morgan fingerprint density at radius 2 is 1.95 bits per heavy atom. The predicted molar refractivity (Wildman–Crippen MR) is 77.0 cm³/mol. The minimum atomic E-state index is -0.450. The average Bonchev–Trinajstić information content (AvgIpc) is 2.41. The number of hydrogen-bond acceptors (Lipinski definition) is 3. The van der Waals surface area contributed by atoms with E-state index in [4.69, 9.17) is 0 Å². The number of aromatic nitrogens is 1. The van der Waals surface area contributed by atoms with Crippen LogP contribution < -0.4 is 10.2 Å². The Balaban J connectivity index is 2.28. The first-order valence-corrected chi connectivity index (χ1v) is 6.32. The fourth-order valence-corrected chi connectivity index (χ4v) is 2.05. The Hall–Kier alpha value is -2.17. The van der Waals surface area contributed by atoms with Gasteiger partial charge in [-0.05, 0) is 31.2 Å². The van der Waals surface area contributed by atoms with Crippen molar-refractivity contribution in [2.24, 2.45) is 0 Å². The van der Waals surface area contributed by atoms with Gasteiger partial charge in [0.2, 0.25) is 0 Å². The maximum absolute atomic E-state index is 13.7. The molecular weight excluding hydrogens is 260 g/mol. The fourth-order valence-electron chi connectivity index (χ4n) is 2.05. The molecule has 1 aromatic carbocycles. The van der Waals surface area contributed by atoms with Crippen LogP contribution in [0.2, 0.25) is 0 Å². The number of nitrogens with one attached hydrogen (secondary N) is 1. The molecular formula is C15H17F2N3. The second-order valence-electron chi connectivity index (χ2n) is 4.82. The van der Waals surface area contributed by atoms with Crippen molar-refractivity contribution in [1.82, 2.24) is 4.98 Å². The van der Waals surface area contributed by atoms with Crippen LogP contribution in [0.15, 0.2) is 36.7 Å². The first-order valence-electron chi connectivity index (χ1n) is 6.32. The van der Waals surface area contributed by atoms with Crippen LogP contribution in [0.4, 0.5) is 20.2 Å². The minimum absolute atomic E-state index is 0.290. The molecule has 0 saturated carbocycles. The van der Waals surface area contributed by atoms with Gasteiger partial charge in [0.15, 0.2) is 0 Å². The number of nitrogens with zero attached hydrogens (tertiary/aromatic N) is 2. The van der Waals surface area contributed by atoms with Crippen LogP contribution in [0.25, 0.3) is 0 Å². The molecule has 0 spiro atoms. The molecule has 0 aliphatic heterocycles. The fraction of sp³-hybridized carbons (Fsp3) is 0.267. The monoisotopic (exact) mass is 277 g/mol. The molecule has 0 aliphatic rings. The molecule has 106 valence electrons. The number of pyridine rings is 1. The van der Waals surface area contributed by atoms with E-state index < -0.39 is 11.6 Å². The molecule has 1 unspecified atom stereocenters. The molecule has 0 saturated heterocycles. The minimum Gasteiger partial charge on any atom is -0.376 e. The zero-order valence-corrected chi connectivity index (χ0v) is 11.7. The second-order valence-corrected chi connectivity index (χ2v) is 4.82. The first-order chi connectivity index (χ1) is 9.49. The van der Waals surface area contributed by atoms with Crippen molar-refractivity contribution in [3.8, 4) is 0 Å². The third-order valence-corrected chi connectivity index (χ3v) is 3.08. The van der Waals surface area contributed by atoms with Crippen molar-refractivity contribution in [2.75, 3.05) is 24.3 Å². The lowest BCUT2D eigenvalue weighted by Gasteiger charge is -2.22. The van der Waals surface area contributed by atoms with E-state index >= 15 is 0 Å². The van der Waals surface area contributed by atoms with Gasteiger partial charge in [-0.25, -0.2) is 8.78 Å². The van der Waals surface area contributed by atoms with Crippen molar-refractivity contribution in [3.63, 3.8) is 0 Å². The molecule has 5 heteroatoms. The summed E-state index contributed by atoms with van der Waals surface area (Å²) in [7, 11) is 3.82. The van der Waals surface area contributed by atoms with E-state index in [1.807, 2.05) is 25.1 Å². The topological polar surface area (TPSA) is 28.2 Å². The van der Waals surface area contributed by atoms with Gasteiger partial charge in [0.25, 0.3) is 0 Å². The summed E-state index contributed by atoms with van der Waals surface area (Å²) in [6.07, 6.45) is 3.36. The molecule has 1 atom stereocenters. The summed E-state index contributed by atoms with van der Waals surface area (Å²) in [5.74, 6) is -0.879. The molecule has 3 nitrogen and oxygen atoms in total. The molecule has 1 aromatic heterocycles. The number of halogens is 2. The lowest BCUT2D eigenvalue weighted by atomic mass is 10.1. The van der Waals surface area contributed by atoms with Crippen molar-refractivity contribution < 1.29 is 8.78 Å². The maximum Gasteiger partial charge on any atom is 0.128 e. The molecule has 0 amide bonds. The molecule has 1 heterocycles. The number of rotatable bonds is 4. The van der Waals surface area contributed by atoms with Gasteiger partial charge in [0, 0.05) is 25.9 Å². The zero-order valence-electron chi connectivity index (χ0n) is 11.7. The van der Waals surface area contributed by atoms with Gasteiger partial charge < -0.3 is 10.2 Å². The molecule has 0 fully saturated rings. The van der Waals surface area contributed by atoms with Crippen LogP contribution in [0, 0.1) is 11.6 Å². The molecule has 0 radical (unpaired) electrons. The highest BCUT2D eigenvalue weighted by molar-refractivity contribution is 5.68. The summed E-state index contributed by atoms with van der Waals surface area (Å²) >= 11 is 0. The summed E-state index contributed by atoms with van der Waals surface area (Å²) in [4.78, 5) is 5.99. The highest BCUT2D eigenvalue weighted by Crippen LogP contribution is 2.28. The Morgan fingerprint density at radius 3 is 2.65 bits per heavy atom. The van der Waals surface area contributed by atoms with Gasteiger partial charge in [-0.15, -0.1) is 0 Å². The first kappa shape index (κ1) is 14.2. The predicted octanol–water partition coefficient (Wildman–Crippen LogP) is 3.60. The third kappa shape index (κ3) is 3.04. The lowest BCUT2D eigenvalue weighted by molar-refractivity contribution is 0.577.